The molecular weight excluding hydrogens is 374 g/mol. The summed E-state index contributed by atoms with van der Waals surface area (Å²) in [5.41, 5.74) is 10.9. The third kappa shape index (κ3) is 4.97. The molecule has 2 aromatic carbocycles. The smallest absolute Gasteiger partial charge is 0.251 e. The Labute approximate surface area is 171 Å². The van der Waals surface area contributed by atoms with Gasteiger partial charge in [-0.05, 0) is 47.7 Å². The molecule has 0 aliphatic carbocycles. The minimum absolute atomic E-state index is 0. The summed E-state index contributed by atoms with van der Waals surface area (Å²) in [5, 5.41) is 7.03. The van der Waals surface area contributed by atoms with Gasteiger partial charge < -0.3 is 11.1 Å². The molecular formula is C21H26ClN5O. The quantitative estimate of drug-likeness (QED) is 0.663. The van der Waals surface area contributed by atoms with Crippen LogP contribution < -0.4 is 11.1 Å². The number of nitrogens with one attached hydrogen (secondary N) is 1. The van der Waals surface area contributed by atoms with Gasteiger partial charge in [0.25, 0.3) is 5.91 Å². The lowest BCUT2D eigenvalue weighted by molar-refractivity contribution is 0.0950. The first-order valence-electron chi connectivity index (χ1n) is 9.05. The number of halogens is 1. The van der Waals surface area contributed by atoms with E-state index in [0.29, 0.717) is 18.0 Å². The van der Waals surface area contributed by atoms with Crippen LogP contribution >= 0.6 is 12.4 Å². The molecule has 1 heterocycles. The van der Waals surface area contributed by atoms with E-state index in [0.717, 1.165) is 16.8 Å². The summed E-state index contributed by atoms with van der Waals surface area (Å²) in [5.74, 6) is 0.352. The molecule has 148 valence electrons. The maximum atomic E-state index is 12.5. The van der Waals surface area contributed by atoms with Crippen LogP contribution in [0, 0.1) is 6.92 Å². The zero-order chi connectivity index (χ0) is 19.4. The summed E-state index contributed by atoms with van der Waals surface area (Å²) in [6.07, 6.45) is 3.10. The van der Waals surface area contributed by atoms with E-state index in [9.17, 15) is 4.79 Å². The molecule has 1 amide bonds. The van der Waals surface area contributed by atoms with Crippen LogP contribution in [0.15, 0.2) is 55.1 Å². The number of benzene rings is 2. The second kappa shape index (κ2) is 9.48. The van der Waals surface area contributed by atoms with Gasteiger partial charge in [0.05, 0.1) is 5.69 Å². The van der Waals surface area contributed by atoms with E-state index in [-0.39, 0.29) is 24.4 Å². The summed E-state index contributed by atoms with van der Waals surface area (Å²) in [6.45, 7) is 6.60. The third-order valence-corrected chi connectivity index (χ3v) is 4.65. The maximum Gasteiger partial charge on any atom is 0.251 e. The fraction of sp³-hybridized carbons (Fsp3) is 0.286. The van der Waals surface area contributed by atoms with Gasteiger partial charge in [-0.2, -0.15) is 5.10 Å². The molecule has 1 unspecified atom stereocenters. The lowest BCUT2D eigenvalue weighted by Crippen LogP contribution is -2.32. The first-order chi connectivity index (χ1) is 13.0. The minimum Gasteiger partial charge on any atom is -0.350 e. The van der Waals surface area contributed by atoms with E-state index in [4.69, 9.17) is 5.73 Å². The fourth-order valence-electron chi connectivity index (χ4n) is 2.93. The highest BCUT2D eigenvalue weighted by Gasteiger charge is 2.13. The molecule has 0 radical (unpaired) electrons. The van der Waals surface area contributed by atoms with E-state index < -0.39 is 0 Å². The molecule has 0 saturated carbocycles. The average molecular weight is 400 g/mol. The molecule has 0 aliphatic rings. The topological polar surface area (TPSA) is 85.8 Å². The molecule has 1 atom stereocenters. The van der Waals surface area contributed by atoms with Crippen molar-refractivity contribution in [2.45, 2.75) is 32.7 Å². The van der Waals surface area contributed by atoms with E-state index >= 15 is 0 Å². The SMILES string of the molecule is Cc1cc(-n2cncn2)ccc1C(=O)NCC(N)c1ccc(C(C)C)cc1.Cl. The van der Waals surface area contributed by atoms with Crippen molar-refractivity contribution in [1.82, 2.24) is 20.1 Å². The van der Waals surface area contributed by atoms with Crippen LogP contribution in [0.25, 0.3) is 5.69 Å². The molecule has 0 spiro atoms. The first kappa shape index (κ1) is 21.6. The fourth-order valence-corrected chi connectivity index (χ4v) is 2.93. The number of hydrogen-bond acceptors (Lipinski definition) is 4. The van der Waals surface area contributed by atoms with Gasteiger partial charge in [0.15, 0.2) is 0 Å². The number of aromatic nitrogens is 3. The Bertz CT molecular complexity index is 907. The van der Waals surface area contributed by atoms with E-state index in [2.05, 4.69) is 41.4 Å². The Kier molecular flexibility index (Phi) is 7.31. The molecule has 3 N–H and O–H groups in total. The molecule has 0 bridgehead atoms. The van der Waals surface area contributed by atoms with Crippen LogP contribution in [0.5, 0.6) is 0 Å². The second-order valence-corrected chi connectivity index (χ2v) is 6.98. The monoisotopic (exact) mass is 399 g/mol. The highest BCUT2D eigenvalue weighted by atomic mass is 35.5. The van der Waals surface area contributed by atoms with Crippen molar-refractivity contribution in [2.75, 3.05) is 6.54 Å². The third-order valence-electron chi connectivity index (χ3n) is 4.65. The number of aryl methyl sites for hydroxylation is 1. The summed E-state index contributed by atoms with van der Waals surface area (Å²) < 4.78 is 1.66. The highest BCUT2D eigenvalue weighted by Crippen LogP contribution is 2.18. The Morgan fingerprint density at radius 3 is 2.39 bits per heavy atom. The Hall–Kier alpha value is -2.70. The van der Waals surface area contributed by atoms with Crippen molar-refractivity contribution in [3.05, 3.63) is 77.4 Å². The van der Waals surface area contributed by atoms with Crippen molar-refractivity contribution in [3.8, 4) is 5.69 Å². The molecule has 7 heteroatoms. The van der Waals surface area contributed by atoms with Gasteiger partial charge >= 0.3 is 0 Å². The van der Waals surface area contributed by atoms with E-state index in [1.807, 2.05) is 31.2 Å². The number of rotatable bonds is 6. The number of hydrogen-bond donors (Lipinski definition) is 2. The number of nitrogens with two attached hydrogens (primary N) is 1. The van der Waals surface area contributed by atoms with Crippen LogP contribution in [-0.2, 0) is 0 Å². The average Bonchev–Trinajstić information content (AvgIpc) is 3.20. The second-order valence-electron chi connectivity index (χ2n) is 6.98. The minimum atomic E-state index is -0.245. The summed E-state index contributed by atoms with van der Waals surface area (Å²) in [4.78, 5) is 16.5. The van der Waals surface area contributed by atoms with Gasteiger partial charge in [0, 0.05) is 18.2 Å². The zero-order valence-corrected chi connectivity index (χ0v) is 17.1. The Balaban J connectivity index is 0.00000280. The summed E-state index contributed by atoms with van der Waals surface area (Å²) >= 11 is 0. The number of carbonyl (C=O) groups excluding carboxylic acids is 1. The number of amides is 1. The molecule has 3 rings (SSSR count). The first-order valence-corrected chi connectivity index (χ1v) is 9.05. The molecule has 6 nitrogen and oxygen atoms in total. The van der Waals surface area contributed by atoms with E-state index in [1.54, 1.807) is 17.1 Å². The lowest BCUT2D eigenvalue weighted by Gasteiger charge is -2.15. The predicted octanol–water partition coefficient (Wildman–Crippen LogP) is 3.55. The lowest BCUT2D eigenvalue weighted by atomic mass is 9.99. The standard InChI is InChI=1S/C21H25N5O.ClH/c1-14(2)16-4-6-17(7-5-16)20(22)11-24-21(27)19-9-8-18(10-15(19)3)26-13-23-12-25-26;/h4-10,12-14,20H,11,22H2,1-3H3,(H,24,27);1H. The molecule has 3 aromatic rings. The molecule has 0 aliphatic heterocycles. The number of carbonyl (C=O) groups is 1. The highest BCUT2D eigenvalue weighted by molar-refractivity contribution is 5.95. The van der Waals surface area contributed by atoms with E-state index in [1.165, 1.54) is 11.9 Å². The Morgan fingerprint density at radius 1 is 1.14 bits per heavy atom. The van der Waals surface area contributed by atoms with Crippen LogP contribution in [0.1, 0.15) is 52.9 Å². The van der Waals surface area contributed by atoms with Crippen molar-refractivity contribution >= 4 is 18.3 Å². The number of nitrogens with zero attached hydrogens (tertiary/aromatic N) is 3. The van der Waals surface area contributed by atoms with Gasteiger partial charge in [0.1, 0.15) is 12.7 Å². The van der Waals surface area contributed by atoms with Gasteiger partial charge in [-0.25, -0.2) is 9.67 Å². The zero-order valence-electron chi connectivity index (χ0n) is 16.3. The van der Waals surface area contributed by atoms with Crippen LogP contribution in [0.3, 0.4) is 0 Å². The van der Waals surface area contributed by atoms with Gasteiger partial charge in [-0.1, -0.05) is 38.1 Å². The molecule has 28 heavy (non-hydrogen) atoms. The predicted molar refractivity (Wildman–Crippen MR) is 113 cm³/mol. The van der Waals surface area contributed by atoms with Gasteiger partial charge in [-0.3, -0.25) is 4.79 Å². The van der Waals surface area contributed by atoms with Gasteiger partial charge in [0.2, 0.25) is 0 Å². The van der Waals surface area contributed by atoms with Crippen molar-refractivity contribution in [2.24, 2.45) is 5.73 Å². The van der Waals surface area contributed by atoms with Crippen molar-refractivity contribution < 1.29 is 4.79 Å². The van der Waals surface area contributed by atoms with Gasteiger partial charge in [-0.15, -0.1) is 12.4 Å². The Morgan fingerprint density at radius 2 is 1.82 bits per heavy atom. The maximum absolute atomic E-state index is 12.5. The summed E-state index contributed by atoms with van der Waals surface area (Å²) in [7, 11) is 0. The normalized spacial score (nSPS) is 11.8. The van der Waals surface area contributed by atoms with Crippen molar-refractivity contribution in [1.29, 1.82) is 0 Å². The molecule has 0 fully saturated rings. The van der Waals surface area contributed by atoms with Crippen LogP contribution in [0.4, 0.5) is 0 Å². The largest absolute Gasteiger partial charge is 0.350 e. The summed E-state index contributed by atoms with van der Waals surface area (Å²) in [6, 6.07) is 13.6. The van der Waals surface area contributed by atoms with Crippen LogP contribution in [0.2, 0.25) is 0 Å². The van der Waals surface area contributed by atoms with Crippen LogP contribution in [-0.4, -0.2) is 27.2 Å². The van der Waals surface area contributed by atoms with Crippen molar-refractivity contribution in [3.63, 3.8) is 0 Å². The molecule has 1 aromatic heterocycles. The molecule has 0 saturated heterocycles.